The quantitative estimate of drug-likeness (QED) is 0.471. The molecule has 7 heteroatoms. The fourth-order valence-electron chi connectivity index (χ4n) is 2.82. The molecule has 0 saturated carbocycles. The zero-order valence-electron chi connectivity index (χ0n) is 14.3. The van der Waals surface area contributed by atoms with Gasteiger partial charge in [0.25, 0.3) is 0 Å². The lowest BCUT2D eigenvalue weighted by Crippen LogP contribution is -2.44. The molecule has 1 atom stereocenters. The van der Waals surface area contributed by atoms with Gasteiger partial charge >= 0.3 is 0 Å². The molecule has 1 aromatic rings. The second kappa shape index (κ2) is 9.42. The Morgan fingerprint density at radius 2 is 2.21 bits per heavy atom. The van der Waals surface area contributed by atoms with E-state index < -0.39 is 11.6 Å². The molecule has 134 valence electrons. The summed E-state index contributed by atoms with van der Waals surface area (Å²) in [7, 11) is 3.86. The van der Waals surface area contributed by atoms with E-state index in [4.69, 9.17) is 4.74 Å². The maximum atomic E-state index is 13.4. The van der Waals surface area contributed by atoms with E-state index in [1.165, 1.54) is 31.5 Å². The Morgan fingerprint density at radius 3 is 2.92 bits per heavy atom. The molecule has 1 unspecified atom stereocenters. The Kier molecular flexibility index (Phi) is 7.24. The van der Waals surface area contributed by atoms with Gasteiger partial charge in [-0.2, -0.15) is 0 Å². The van der Waals surface area contributed by atoms with Crippen LogP contribution in [0, 0.1) is 17.6 Å². The number of piperidine rings is 1. The largest absolute Gasteiger partial charge is 0.489 e. The van der Waals surface area contributed by atoms with Crippen LogP contribution in [0.4, 0.5) is 8.78 Å². The molecule has 2 rings (SSSR count). The minimum Gasteiger partial charge on any atom is -0.489 e. The first-order valence-electron chi connectivity index (χ1n) is 8.29. The van der Waals surface area contributed by atoms with Crippen LogP contribution in [-0.4, -0.2) is 57.7 Å². The molecule has 1 fully saturated rings. The number of hydrogen-bond donors (Lipinski definition) is 2. The Balaban J connectivity index is 1.66. The van der Waals surface area contributed by atoms with E-state index in [1.54, 1.807) is 7.05 Å². The fourth-order valence-corrected chi connectivity index (χ4v) is 2.82. The normalized spacial score (nSPS) is 19.2. The number of ether oxygens (including phenoxy) is 1. The van der Waals surface area contributed by atoms with Gasteiger partial charge in [0, 0.05) is 26.2 Å². The number of guanidine groups is 1. The van der Waals surface area contributed by atoms with Gasteiger partial charge in [-0.3, -0.25) is 4.99 Å². The second-order valence-corrected chi connectivity index (χ2v) is 6.07. The van der Waals surface area contributed by atoms with Crippen LogP contribution in [0.3, 0.4) is 0 Å². The summed E-state index contributed by atoms with van der Waals surface area (Å²) in [6.07, 6.45) is 2.45. The Hall–Kier alpha value is -1.89. The molecule has 0 aromatic heterocycles. The molecule has 0 radical (unpaired) electrons. The monoisotopic (exact) mass is 340 g/mol. The van der Waals surface area contributed by atoms with Gasteiger partial charge in [0.15, 0.2) is 17.5 Å². The molecule has 2 N–H and O–H groups in total. The number of aliphatic imine (C=N–C) groups is 1. The molecule has 0 aliphatic carbocycles. The van der Waals surface area contributed by atoms with E-state index >= 15 is 0 Å². The van der Waals surface area contributed by atoms with Crippen LogP contribution in [-0.2, 0) is 0 Å². The van der Waals surface area contributed by atoms with Crippen molar-refractivity contribution in [2.75, 3.05) is 46.9 Å². The van der Waals surface area contributed by atoms with E-state index in [-0.39, 0.29) is 12.4 Å². The molecule has 0 bridgehead atoms. The van der Waals surface area contributed by atoms with Gasteiger partial charge in [0.2, 0.25) is 0 Å². The van der Waals surface area contributed by atoms with Crippen molar-refractivity contribution in [3.63, 3.8) is 0 Å². The maximum absolute atomic E-state index is 13.4. The summed E-state index contributed by atoms with van der Waals surface area (Å²) in [5.74, 6) is 0.0551. The maximum Gasteiger partial charge on any atom is 0.191 e. The third kappa shape index (κ3) is 5.96. The van der Waals surface area contributed by atoms with Crippen molar-refractivity contribution in [1.29, 1.82) is 0 Å². The number of rotatable bonds is 6. The SMILES string of the molecule is CN=C(NCCOc1ccc(F)cc1F)NCC1CCCN(C)C1. The van der Waals surface area contributed by atoms with Crippen molar-refractivity contribution in [2.45, 2.75) is 12.8 Å². The number of halogens is 2. The summed E-state index contributed by atoms with van der Waals surface area (Å²) in [6.45, 7) is 3.87. The van der Waals surface area contributed by atoms with Gasteiger partial charge in [-0.15, -0.1) is 0 Å². The molecular formula is C17H26F2N4O. The summed E-state index contributed by atoms with van der Waals surface area (Å²) in [5, 5.41) is 6.44. The van der Waals surface area contributed by atoms with Gasteiger partial charge in [0.05, 0.1) is 6.54 Å². The van der Waals surface area contributed by atoms with Gasteiger partial charge in [0.1, 0.15) is 12.4 Å². The molecular weight excluding hydrogens is 314 g/mol. The van der Waals surface area contributed by atoms with Gasteiger partial charge in [-0.05, 0) is 44.5 Å². The first-order chi connectivity index (χ1) is 11.6. The van der Waals surface area contributed by atoms with Gasteiger partial charge in [-0.25, -0.2) is 8.78 Å². The highest BCUT2D eigenvalue weighted by Gasteiger charge is 2.17. The van der Waals surface area contributed by atoms with Crippen LogP contribution in [0.15, 0.2) is 23.2 Å². The molecule has 5 nitrogen and oxygen atoms in total. The van der Waals surface area contributed by atoms with E-state index in [0.717, 1.165) is 19.2 Å². The highest BCUT2D eigenvalue weighted by atomic mass is 19.1. The van der Waals surface area contributed by atoms with Crippen molar-refractivity contribution < 1.29 is 13.5 Å². The van der Waals surface area contributed by atoms with Crippen molar-refractivity contribution >= 4 is 5.96 Å². The number of benzene rings is 1. The molecule has 1 aromatic carbocycles. The first-order valence-corrected chi connectivity index (χ1v) is 8.29. The summed E-state index contributed by atoms with van der Waals surface area (Å²) in [6, 6.07) is 3.27. The van der Waals surface area contributed by atoms with E-state index in [1.807, 2.05) is 0 Å². The number of likely N-dealkylation sites (tertiary alicyclic amines) is 1. The third-order valence-electron chi connectivity index (χ3n) is 4.05. The van der Waals surface area contributed by atoms with Crippen molar-refractivity contribution in [2.24, 2.45) is 10.9 Å². The minimum atomic E-state index is -0.695. The lowest BCUT2D eigenvalue weighted by Gasteiger charge is -2.30. The first kappa shape index (κ1) is 18.4. The molecule has 1 heterocycles. The average Bonchev–Trinajstić information content (AvgIpc) is 2.56. The predicted octanol–water partition coefficient (Wildman–Crippen LogP) is 1.85. The molecule has 1 aliphatic heterocycles. The zero-order chi connectivity index (χ0) is 17.4. The molecule has 0 amide bonds. The molecule has 24 heavy (non-hydrogen) atoms. The Bertz CT molecular complexity index is 553. The predicted molar refractivity (Wildman–Crippen MR) is 91.4 cm³/mol. The van der Waals surface area contributed by atoms with Crippen LogP contribution in [0.1, 0.15) is 12.8 Å². The standard InChI is InChI=1S/C17H26F2N4O/c1-20-17(22-11-13-4-3-8-23(2)12-13)21-7-9-24-16-6-5-14(18)10-15(16)19/h5-6,10,13H,3-4,7-9,11-12H2,1-2H3,(H2,20,21,22). The zero-order valence-corrected chi connectivity index (χ0v) is 14.3. The van der Waals surface area contributed by atoms with Crippen LogP contribution >= 0.6 is 0 Å². The van der Waals surface area contributed by atoms with Crippen LogP contribution < -0.4 is 15.4 Å². The summed E-state index contributed by atoms with van der Waals surface area (Å²) >= 11 is 0. The molecule has 1 aliphatic rings. The topological polar surface area (TPSA) is 48.9 Å². The Morgan fingerprint density at radius 1 is 1.38 bits per heavy atom. The lowest BCUT2D eigenvalue weighted by atomic mass is 9.99. The number of nitrogens with one attached hydrogen (secondary N) is 2. The van der Waals surface area contributed by atoms with E-state index in [2.05, 4.69) is 27.6 Å². The van der Waals surface area contributed by atoms with Crippen LogP contribution in [0.25, 0.3) is 0 Å². The third-order valence-corrected chi connectivity index (χ3v) is 4.05. The smallest absolute Gasteiger partial charge is 0.191 e. The molecule has 0 spiro atoms. The van der Waals surface area contributed by atoms with E-state index in [9.17, 15) is 8.78 Å². The summed E-state index contributed by atoms with van der Waals surface area (Å²) in [4.78, 5) is 6.51. The summed E-state index contributed by atoms with van der Waals surface area (Å²) in [5.41, 5.74) is 0. The van der Waals surface area contributed by atoms with Crippen molar-refractivity contribution in [3.8, 4) is 5.75 Å². The molecule has 1 saturated heterocycles. The lowest BCUT2D eigenvalue weighted by molar-refractivity contribution is 0.210. The number of nitrogens with zero attached hydrogens (tertiary/aromatic N) is 2. The Labute approximate surface area is 142 Å². The van der Waals surface area contributed by atoms with Gasteiger partial charge in [-0.1, -0.05) is 0 Å². The van der Waals surface area contributed by atoms with Crippen LogP contribution in [0.2, 0.25) is 0 Å². The highest BCUT2D eigenvalue weighted by Crippen LogP contribution is 2.17. The summed E-state index contributed by atoms with van der Waals surface area (Å²) < 4.78 is 31.6. The highest BCUT2D eigenvalue weighted by molar-refractivity contribution is 5.79. The van der Waals surface area contributed by atoms with Crippen LogP contribution in [0.5, 0.6) is 5.75 Å². The minimum absolute atomic E-state index is 0.0476. The van der Waals surface area contributed by atoms with Crippen molar-refractivity contribution in [1.82, 2.24) is 15.5 Å². The van der Waals surface area contributed by atoms with E-state index in [0.29, 0.717) is 18.4 Å². The average molecular weight is 340 g/mol. The number of hydrogen-bond acceptors (Lipinski definition) is 3. The fraction of sp³-hybridized carbons (Fsp3) is 0.588. The van der Waals surface area contributed by atoms with Gasteiger partial charge < -0.3 is 20.3 Å². The second-order valence-electron chi connectivity index (χ2n) is 6.07. The van der Waals surface area contributed by atoms with Crippen molar-refractivity contribution in [3.05, 3.63) is 29.8 Å².